The van der Waals surface area contributed by atoms with Crippen LogP contribution in [0.1, 0.15) is 203 Å². The maximum Gasteiger partial charge on any atom is 0.243 e. The molecule has 6 nitrogen and oxygen atoms in total. The summed E-state index contributed by atoms with van der Waals surface area (Å²) >= 11 is 0. The third kappa shape index (κ3) is 20.2. The van der Waals surface area contributed by atoms with Crippen molar-refractivity contribution in [3.05, 3.63) is 167 Å². The van der Waals surface area contributed by atoms with Gasteiger partial charge in [-0.3, -0.25) is 0 Å². The fourth-order valence-electron chi connectivity index (χ4n) is 10.0. The highest BCUT2D eigenvalue weighted by Crippen LogP contribution is 2.43. The summed E-state index contributed by atoms with van der Waals surface area (Å²) in [6.07, 6.45) is 24.6. The van der Waals surface area contributed by atoms with Crippen LogP contribution in [0, 0.1) is 0 Å². The molecule has 5 rings (SSSR count). The lowest BCUT2D eigenvalue weighted by Crippen LogP contribution is -2.52. The van der Waals surface area contributed by atoms with Crippen molar-refractivity contribution in [2.45, 2.75) is 224 Å². The van der Waals surface area contributed by atoms with E-state index in [1.165, 1.54) is 140 Å². The molecule has 0 heterocycles. The van der Waals surface area contributed by atoms with Crippen LogP contribution in [0.25, 0.3) is 0 Å². The van der Waals surface area contributed by atoms with Crippen LogP contribution in [-0.2, 0) is 23.2 Å². The Bertz CT molecular complexity index is 1910. The highest BCUT2D eigenvalue weighted by molar-refractivity contribution is 5.47. The van der Waals surface area contributed by atoms with Gasteiger partial charge in [0, 0.05) is 0 Å². The number of benzene rings is 5. The second kappa shape index (κ2) is 34.1. The smallest absolute Gasteiger partial charge is 0.243 e. The standard InChI is InChI=1S/C65H92O6/c1-4-7-9-11-13-15-17-19-21-23-28-38-53-40-36-48-58(50-53)69-62(70-59-49-37-41-54(51-59)39-29-24-22-20-18-16-14-12-10-8-5-2)52-61(67)63(68)64(60(66)6-3)71-65(55-42-30-25-31-43-55,56-44-32-26-33-45-56)57-46-34-27-35-47-57/h25-27,30-37,40-51,60-64,66-68H,4-24,28-29,38-39,52H2,1-3H3. The van der Waals surface area contributed by atoms with Crippen LogP contribution in [0.4, 0.5) is 0 Å². The lowest BCUT2D eigenvalue weighted by Gasteiger charge is -2.42. The van der Waals surface area contributed by atoms with Crippen molar-refractivity contribution in [3.63, 3.8) is 0 Å². The largest absolute Gasteiger partial charge is 0.455 e. The van der Waals surface area contributed by atoms with Gasteiger partial charge in [-0.15, -0.1) is 0 Å². The van der Waals surface area contributed by atoms with Gasteiger partial charge in [-0.05, 0) is 84.2 Å². The van der Waals surface area contributed by atoms with Gasteiger partial charge < -0.3 is 29.5 Å². The van der Waals surface area contributed by atoms with Gasteiger partial charge >= 0.3 is 0 Å². The minimum atomic E-state index is -1.52. The van der Waals surface area contributed by atoms with Gasteiger partial charge in [0.1, 0.15) is 29.3 Å². The Balaban J connectivity index is 1.31. The second-order valence-corrected chi connectivity index (χ2v) is 20.2. The van der Waals surface area contributed by atoms with Crippen molar-refractivity contribution in [1.82, 2.24) is 0 Å². The summed E-state index contributed by atoms with van der Waals surface area (Å²) in [5, 5.41) is 36.4. The first-order chi connectivity index (χ1) is 34.9. The average molecular weight is 969 g/mol. The molecule has 71 heavy (non-hydrogen) atoms. The minimum Gasteiger partial charge on any atom is -0.455 e. The first-order valence-electron chi connectivity index (χ1n) is 28.3. The number of rotatable bonds is 39. The number of aliphatic hydroxyl groups is 3. The number of aliphatic hydroxyl groups excluding tert-OH is 3. The average Bonchev–Trinajstić information content (AvgIpc) is 3.40. The van der Waals surface area contributed by atoms with E-state index >= 15 is 0 Å². The molecule has 0 amide bonds. The summed E-state index contributed by atoms with van der Waals surface area (Å²) in [6.45, 7) is 6.41. The van der Waals surface area contributed by atoms with E-state index in [1.54, 1.807) is 0 Å². The van der Waals surface area contributed by atoms with E-state index in [0.717, 1.165) is 42.4 Å². The number of unbranched alkanes of at least 4 members (excludes halogenated alkanes) is 20. The molecule has 0 saturated carbocycles. The molecule has 0 spiro atoms. The molecule has 4 unspecified atom stereocenters. The molecule has 6 heteroatoms. The molecular weight excluding hydrogens is 877 g/mol. The van der Waals surface area contributed by atoms with Crippen molar-refractivity contribution >= 4 is 0 Å². The van der Waals surface area contributed by atoms with Crippen LogP contribution >= 0.6 is 0 Å². The van der Waals surface area contributed by atoms with Crippen LogP contribution in [-0.4, -0.2) is 46.0 Å². The van der Waals surface area contributed by atoms with Crippen LogP contribution in [0.3, 0.4) is 0 Å². The van der Waals surface area contributed by atoms with Gasteiger partial charge in [-0.1, -0.05) is 264 Å². The Kier molecular flexibility index (Phi) is 27.5. The zero-order valence-electron chi connectivity index (χ0n) is 44.1. The first kappa shape index (κ1) is 57.4. The van der Waals surface area contributed by atoms with Crippen molar-refractivity contribution < 1.29 is 29.5 Å². The maximum atomic E-state index is 12.4. The van der Waals surface area contributed by atoms with E-state index in [1.807, 2.05) is 122 Å². The molecule has 5 aromatic carbocycles. The lowest BCUT2D eigenvalue weighted by atomic mass is 9.79. The lowest BCUT2D eigenvalue weighted by molar-refractivity contribution is -0.179. The molecule has 0 aliphatic rings. The molecule has 0 radical (unpaired) electrons. The Labute approximate surface area is 430 Å². The van der Waals surface area contributed by atoms with Gasteiger partial charge in [0.25, 0.3) is 0 Å². The highest BCUT2D eigenvalue weighted by atomic mass is 16.7. The van der Waals surface area contributed by atoms with Crippen LogP contribution in [0.15, 0.2) is 140 Å². The molecule has 0 aromatic heterocycles. The quantitative estimate of drug-likeness (QED) is 0.0207. The summed E-state index contributed by atoms with van der Waals surface area (Å²) in [5.74, 6) is 1.29. The van der Waals surface area contributed by atoms with Gasteiger partial charge in [0.05, 0.1) is 18.6 Å². The van der Waals surface area contributed by atoms with E-state index in [0.29, 0.717) is 11.5 Å². The number of hydrogen-bond acceptors (Lipinski definition) is 6. The Morgan fingerprint density at radius 3 is 1.10 bits per heavy atom. The zero-order chi connectivity index (χ0) is 50.2. The van der Waals surface area contributed by atoms with E-state index < -0.39 is 36.3 Å². The third-order valence-electron chi connectivity index (χ3n) is 14.3. The molecule has 388 valence electrons. The molecule has 0 bridgehead atoms. The van der Waals surface area contributed by atoms with E-state index in [-0.39, 0.29) is 12.8 Å². The summed E-state index contributed by atoms with van der Waals surface area (Å²) in [5.41, 5.74) is 3.66. The predicted molar refractivity (Wildman–Crippen MR) is 295 cm³/mol. The molecule has 4 atom stereocenters. The SMILES string of the molecule is CCCCCCCCCCCCCc1cccc(OC(CC(O)C(O)C(OC(c2ccccc2)(c2ccccc2)c2ccccc2)C(O)CC)Oc2cccc(CCCCCCCCCCCCC)c2)c1. The number of aryl methyl sites for hydroxylation is 2. The maximum absolute atomic E-state index is 12.4. The molecular formula is C65H92O6. The van der Waals surface area contributed by atoms with Crippen LogP contribution in [0.5, 0.6) is 11.5 Å². The van der Waals surface area contributed by atoms with Gasteiger partial charge in [-0.2, -0.15) is 0 Å². The first-order valence-corrected chi connectivity index (χ1v) is 28.3. The summed E-state index contributed by atoms with van der Waals surface area (Å²) < 4.78 is 20.6. The fraction of sp³-hybridized carbons (Fsp3) is 0.538. The monoisotopic (exact) mass is 969 g/mol. The van der Waals surface area contributed by atoms with Crippen molar-refractivity contribution in [2.75, 3.05) is 0 Å². The Hall–Kier alpha value is -4.46. The topological polar surface area (TPSA) is 88.4 Å². The number of hydrogen-bond donors (Lipinski definition) is 3. The summed E-state index contributed by atoms with van der Waals surface area (Å²) in [6, 6.07) is 46.1. The normalized spacial score (nSPS) is 13.5. The molecule has 3 N–H and O–H groups in total. The van der Waals surface area contributed by atoms with Crippen molar-refractivity contribution in [1.29, 1.82) is 0 Å². The molecule has 0 fully saturated rings. The minimum absolute atomic E-state index is 0.0852. The molecule has 0 aliphatic heterocycles. The summed E-state index contributed by atoms with van der Waals surface area (Å²) in [7, 11) is 0. The van der Waals surface area contributed by atoms with Crippen molar-refractivity contribution in [3.8, 4) is 11.5 Å². The fourth-order valence-corrected chi connectivity index (χ4v) is 10.0. The van der Waals surface area contributed by atoms with Gasteiger partial charge in [0.2, 0.25) is 6.29 Å². The second-order valence-electron chi connectivity index (χ2n) is 20.2. The van der Waals surface area contributed by atoms with Gasteiger partial charge in [-0.25, -0.2) is 0 Å². The zero-order valence-corrected chi connectivity index (χ0v) is 44.1. The third-order valence-corrected chi connectivity index (χ3v) is 14.3. The summed E-state index contributed by atoms with van der Waals surface area (Å²) in [4.78, 5) is 0. The van der Waals surface area contributed by atoms with E-state index in [4.69, 9.17) is 14.2 Å². The van der Waals surface area contributed by atoms with E-state index in [9.17, 15) is 15.3 Å². The molecule has 5 aromatic rings. The highest BCUT2D eigenvalue weighted by Gasteiger charge is 2.45. The Morgan fingerprint density at radius 1 is 0.394 bits per heavy atom. The Morgan fingerprint density at radius 2 is 0.746 bits per heavy atom. The van der Waals surface area contributed by atoms with Crippen LogP contribution < -0.4 is 9.47 Å². The number of ether oxygens (including phenoxy) is 3. The molecule has 0 saturated heterocycles. The van der Waals surface area contributed by atoms with Crippen molar-refractivity contribution in [2.24, 2.45) is 0 Å². The van der Waals surface area contributed by atoms with Crippen LogP contribution in [0.2, 0.25) is 0 Å². The molecule has 0 aliphatic carbocycles. The van der Waals surface area contributed by atoms with E-state index in [2.05, 4.69) is 38.1 Å². The predicted octanol–water partition coefficient (Wildman–Crippen LogP) is 16.4. The van der Waals surface area contributed by atoms with Gasteiger partial charge in [0.15, 0.2) is 0 Å².